The molecule has 1 unspecified atom stereocenters. The summed E-state index contributed by atoms with van der Waals surface area (Å²) in [6.45, 7) is 2.89. The minimum atomic E-state index is -0.545. The van der Waals surface area contributed by atoms with Gasteiger partial charge in [-0.05, 0) is 36.2 Å². The van der Waals surface area contributed by atoms with Crippen molar-refractivity contribution < 1.29 is 19.1 Å². The summed E-state index contributed by atoms with van der Waals surface area (Å²) in [7, 11) is 0. The maximum atomic E-state index is 12.8. The van der Waals surface area contributed by atoms with Crippen molar-refractivity contribution in [1.29, 1.82) is 0 Å². The number of fused-ring (bicyclic) bond motifs is 1. The van der Waals surface area contributed by atoms with Crippen LogP contribution in [0.5, 0.6) is 11.5 Å². The lowest BCUT2D eigenvalue weighted by Gasteiger charge is -2.07. The molecule has 1 fully saturated rings. The quantitative estimate of drug-likeness (QED) is 0.411. The molecule has 4 rings (SSSR count). The average Bonchev–Trinajstić information content (AvgIpc) is 3.36. The number of unbranched alkanes of at least 4 members (excludes halogenated alkanes) is 4. The van der Waals surface area contributed by atoms with Gasteiger partial charge in [0.2, 0.25) is 0 Å². The molecule has 30 heavy (non-hydrogen) atoms. The topological polar surface area (TPSA) is 79.8 Å². The van der Waals surface area contributed by atoms with Gasteiger partial charge in [-0.15, -0.1) is 0 Å². The summed E-state index contributed by atoms with van der Waals surface area (Å²) in [5.41, 5.74) is 1.33. The summed E-state index contributed by atoms with van der Waals surface area (Å²) < 4.78 is 11.5. The van der Waals surface area contributed by atoms with E-state index >= 15 is 0 Å². The summed E-state index contributed by atoms with van der Waals surface area (Å²) in [5, 5.41) is 9.86. The van der Waals surface area contributed by atoms with E-state index in [1.807, 2.05) is 0 Å². The first-order valence-corrected chi connectivity index (χ1v) is 10.4. The largest absolute Gasteiger partial charge is 0.508 e. The highest BCUT2D eigenvalue weighted by atomic mass is 16.5. The van der Waals surface area contributed by atoms with Gasteiger partial charge in [-0.25, -0.2) is 0 Å². The van der Waals surface area contributed by atoms with Gasteiger partial charge in [0.15, 0.2) is 5.43 Å². The molecule has 0 bridgehead atoms. The maximum Gasteiger partial charge on any atom is 0.288 e. The van der Waals surface area contributed by atoms with Gasteiger partial charge in [-0.3, -0.25) is 14.5 Å². The lowest BCUT2D eigenvalue weighted by molar-refractivity contribution is -0.114. The van der Waals surface area contributed by atoms with Crippen LogP contribution in [-0.2, 0) is 4.79 Å². The highest BCUT2D eigenvalue weighted by Crippen LogP contribution is 2.28. The van der Waals surface area contributed by atoms with Crippen molar-refractivity contribution in [3.8, 4) is 22.6 Å². The number of aromatic hydroxyl groups is 1. The molecule has 1 aliphatic rings. The zero-order chi connectivity index (χ0) is 21.1. The van der Waals surface area contributed by atoms with Crippen LogP contribution in [0.2, 0.25) is 0 Å². The number of ether oxygens (including phenoxy) is 1. The van der Waals surface area contributed by atoms with Gasteiger partial charge in [-0.2, -0.15) is 0 Å². The number of hydrogen-bond acceptors (Lipinski definition) is 5. The second-order valence-electron chi connectivity index (χ2n) is 7.60. The third-order valence-corrected chi connectivity index (χ3v) is 5.38. The number of carbonyl (C=O) groups excluding carboxylic acids is 1. The lowest BCUT2D eigenvalue weighted by atomic mass is 10.1. The molecule has 0 saturated carbocycles. The molecule has 156 valence electrons. The van der Waals surface area contributed by atoms with Crippen molar-refractivity contribution in [2.45, 2.75) is 45.3 Å². The average molecular weight is 407 g/mol. The molecular weight excluding hydrogens is 382 g/mol. The molecule has 1 aromatic heterocycles. The normalized spacial score (nSPS) is 15.6. The Kier molecular flexibility index (Phi) is 5.74. The highest BCUT2D eigenvalue weighted by Gasteiger charge is 2.47. The molecule has 0 aliphatic carbocycles. The zero-order valence-corrected chi connectivity index (χ0v) is 17.0. The summed E-state index contributed by atoms with van der Waals surface area (Å²) in [6.07, 6.45) is 6.59. The molecule has 2 aromatic carbocycles. The third-order valence-electron chi connectivity index (χ3n) is 5.38. The Hall–Kier alpha value is -3.28. The van der Waals surface area contributed by atoms with Crippen LogP contribution in [0.4, 0.5) is 0 Å². The molecule has 1 aliphatic heterocycles. The SMILES string of the molecule is CCCCCCCN1C(=O)C1Oc1ccc2c(=O)c(-c3ccc(O)cc3)coc2c1. The number of phenolic OH excluding ortho intramolecular Hbond substituents is 1. The van der Waals surface area contributed by atoms with Gasteiger partial charge in [0, 0.05) is 12.6 Å². The van der Waals surface area contributed by atoms with E-state index in [1.54, 1.807) is 35.2 Å². The van der Waals surface area contributed by atoms with Gasteiger partial charge < -0.3 is 14.3 Å². The number of carbonyl (C=O) groups is 1. The molecule has 1 N–H and O–H groups in total. The number of amides is 1. The predicted octanol–water partition coefficient (Wildman–Crippen LogP) is 4.68. The Morgan fingerprint density at radius 1 is 1.03 bits per heavy atom. The van der Waals surface area contributed by atoms with Crippen molar-refractivity contribution in [1.82, 2.24) is 4.90 Å². The Bertz CT molecular complexity index is 1100. The molecule has 1 saturated heterocycles. The second-order valence-corrected chi connectivity index (χ2v) is 7.60. The molecule has 1 atom stereocenters. The molecule has 1 amide bonds. The van der Waals surface area contributed by atoms with Crippen LogP contribution in [0.3, 0.4) is 0 Å². The second kappa shape index (κ2) is 8.61. The van der Waals surface area contributed by atoms with Gasteiger partial charge in [0.05, 0.1) is 10.9 Å². The first kappa shape index (κ1) is 20.0. The smallest absolute Gasteiger partial charge is 0.288 e. The van der Waals surface area contributed by atoms with Crippen molar-refractivity contribution in [3.63, 3.8) is 0 Å². The molecular formula is C24H25NO5. The zero-order valence-electron chi connectivity index (χ0n) is 17.0. The van der Waals surface area contributed by atoms with Crippen LogP contribution in [0.25, 0.3) is 22.1 Å². The van der Waals surface area contributed by atoms with Crippen molar-refractivity contribution in [3.05, 3.63) is 59.0 Å². The molecule has 0 spiro atoms. The van der Waals surface area contributed by atoms with E-state index in [-0.39, 0.29) is 17.1 Å². The number of phenols is 1. The van der Waals surface area contributed by atoms with Crippen LogP contribution in [-0.4, -0.2) is 28.7 Å². The Balaban J connectivity index is 1.44. The van der Waals surface area contributed by atoms with Gasteiger partial charge >= 0.3 is 0 Å². The van der Waals surface area contributed by atoms with Crippen molar-refractivity contribution in [2.24, 2.45) is 0 Å². The summed E-state index contributed by atoms with van der Waals surface area (Å²) in [5.74, 6) is 0.625. The van der Waals surface area contributed by atoms with E-state index in [1.165, 1.54) is 37.7 Å². The van der Waals surface area contributed by atoms with Crippen LogP contribution < -0.4 is 10.2 Å². The fourth-order valence-electron chi connectivity index (χ4n) is 3.57. The van der Waals surface area contributed by atoms with E-state index in [9.17, 15) is 14.7 Å². The Morgan fingerprint density at radius 3 is 2.57 bits per heavy atom. The van der Waals surface area contributed by atoms with E-state index in [2.05, 4.69) is 6.92 Å². The minimum absolute atomic E-state index is 0.00489. The highest BCUT2D eigenvalue weighted by molar-refractivity contribution is 5.95. The number of benzene rings is 2. The van der Waals surface area contributed by atoms with Crippen LogP contribution in [0.15, 0.2) is 57.9 Å². The predicted molar refractivity (Wildman–Crippen MR) is 114 cm³/mol. The Labute approximate surface area is 174 Å². The monoisotopic (exact) mass is 407 g/mol. The third kappa shape index (κ3) is 4.17. The fourth-order valence-corrected chi connectivity index (χ4v) is 3.57. The number of nitrogens with zero attached hydrogens (tertiary/aromatic N) is 1. The lowest BCUT2D eigenvalue weighted by Crippen LogP contribution is -2.10. The van der Waals surface area contributed by atoms with Crippen LogP contribution >= 0.6 is 0 Å². The molecule has 6 heteroatoms. The van der Waals surface area contributed by atoms with E-state index in [4.69, 9.17) is 9.15 Å². The minimum Gasteiger partial charge on any atom is -0.508 e. The van der Waals surface area contributed by atoms with Crippen molar-refractivity contribution >= 4 is 16.9 Å². The molecule has 2 heterocycles. The van der Waals surface area contributed by atoms with E-state index in [0.29, 0.717) is 34.4 Å². The first-order chi connectivity index (χ1) is 14.6. The number of rotatable bonds is 9. The van der Waals surface area contributed by atoms with Gasteiger partial charge in [-0.1, -0.05) is 44.7 Å². The standard InChI is InChI=1S/C24H25NO5/c1-2-3-4-5-6-13-25-23(28)24(25)30-18-11-12-19-21(14-18)29-15-20(22(19)27)16-7-9-17(26)10-8-16/h7-12,14-15,24,26H,2-6,13H2,1H3. The first-order valence-electron chi connectivity index (χ1n) is 10.4. The van der Waals surface area contributed by atoms with Crippen molar-refractivity contribution in [2.75, 3.05) is 6.54 Å². The maximum absolute atomic E-state index is 12.8. The molecule has 3 aromatic rings. The number of hydrogen-bond donors (Lipinski definition) is 1. The van der Waals surface area contributed by atoms with Crippen LogP contribution in [0.1, 0.15) is 39.0 Å². The Morgan fingerprint density at radius 2 is 1.80 bits per heavy atom. The van der Waals surface area contributed by atoms with Crippen LogP contribution in [0, 0.1) is 0 Å². The van der Waals surface area contributed by atoms with Gasteiger partial charge in [0.25, 0.3) is 12.1 Å². The summed E-state index contributed by atoms with van der Waals surface area (Å²) in [6, 6.07) is 11.4. The van der Waals surface area contributed by atoms with E-state index in [0.717, 1.165) is 12.8 Å². The fraction of sp³-hybridized carbons (Fsp3) is 0.333. The molecule has 0 radical (unpaired) electrons. The summed E-state index contributed by atoms with van der Waals surface area (Å²) >= 11 is 0. The van der Waals surface area contributed by atoms with E-state index < -0.39 is 6.23 Å². The summed E-state index contributed by atoms with van der Waals surface area (Å²) in [4.78, 5) is 26.5. The van der Waals surface area contributed by atoms with Gasteiger partial charge in [0.1, 0.15) is 23.3 Å². The molecule has 6 nitrogen and oxygen atoms in total.